The number of Topliss-reactive ketones (excluding diaryl/α,β-unsaturated/α-hetero) is 1. The van der Waals surface area contributed by atoms with Crippen molar-refractivity contribution in [2.24, 2.45) is 0 Å². The number of carbonyl (C=O) groups is 1. The molecule has 0 amide bonds. The lowest BCUT2D eigenvalue weighted by molar-refractivity contribution is 0.0958. The predicted octanol–water partition coefficient (Wildman–Crippen LogP) is 2.19. The fourth-order valence-corrected chi connectivity index (χ4v) is 2.80. The second kappa shape index (κ2) is 4.51. The third kappa shape index (κ3) is 1.94. The van der Waals surface area contributed by atoms with Crippen molar-refractivity contribution in [1.82, 2.24) is 19.6 Å². The van der Waals surface area contributed by atoms with Gasteiger partial charge in [0.25, 0.3) is 5.78 Å². The van der Waals surface area contributed by atoms with Gasteiger partial charge in [0, 0.05) is 31.4 Å². The highest BCUT2D eigenvalue weighted by molar-refractivity contribution is 5.98. The van der Waals surface area contributed by atoms with Crippen LogP contribution in [0.25, 0.3) is 5.78 Å². The summed E-state index contributed by atoms with van der Waals surface area (Å²) < 4.78 is 7.03. The zero-order valence-corrected chi connectivity index (χ0v) is 11.6. The third-order valence-corrected chi connectivity index (χ3v) is 3.89. The van der Waals surface area contributed by atoms with Gasteiger partial charge in [-0.2, -0.15) is 4.98 Å². The Labute approximate surface area is 120 Å². The van der Waals surface area contributed by atoms with Crippen LogP contribution < -0.4 is 0 Å². The van der Waals surface area contributed by atoms with Crippen molar-refractivity contribution in [3.05, 3.63) is 47.4 Å². The lowest BCUT2D eigenvalue weighted by Crippen LogP contribution is -2.21. The van der Waals surface area contributed by atoms with E-state index in [0.29, 0.717) is 24.2 Å². The smallest absolute Gasteiger partial charge is 0.252 e. The predicted molar refractivity (Wildman–Crippen MR) is 74.3 cm³/mol. The van der Waals surface area contributed by atoms with Crippen LogP contribution in [0.5, 0.6) is 0 Å². The molecule has 0 unspecified atom stereocenters. The summed E-state index contributed by atoms with van der Waals surface area (Å²) in [5.74, 6) is 2.27. The van der Waals surface area contributed by atoms with Crippen molar-refractivity contribution < 1.29 is 9.21 Å². The fraction of sp³-hybridized carbons (Fsp3) is 0.333. The molecule has 106 valence electrons. The first-order valence-corrected chi connectivity index (χ1v) is 7.06. The molecular weight excluding hydrogens is 268 g/mol. The van der Waals surface area contributed by atoms with Gasteiger partial charge in [-0.15, -0.1) is 5.10 Å². The van der Waals surface area contributed by atoms with E-state index >= 15 is 0 Å². The van der Waals surface area contributed by atoms with Gasteiger partial charge in [0.05, 0.1) is 17.5 Å². The lowest BCUT2D eigenvalue weighted by Gasteiger charge is -2.20. The minimum Gasteiger partial charge on any atom is -0.469 e. The van der Waals surface area contributed by atoms with Gasteiger partial charge in [0.2, 0.25) is 0 Å². The molecule has 6 nitrogen and oxygen atoms in total. The Bertz CT molecular complexity index is 820. The zero-order valence-electron chi connectivity index (χ0n) is 11.6. The Morgan fingerprint density at radius 3 is 3.05 bits per heavy atom. The molecule has 4 rings (SSSR count). The standard InChI is InChI=1S/C15H14N4O2/c1-2-14-17-15-16-11-6-9(13-4-3-5-21-13)7-12(20)10(11)8-19(15)18-14/h3-5,8-9H,2,6-7H2,1H3/t9-/m0/s1. The van der Waals surface area contributed by atoms with E-state index < -0.39 is 0 Å². The average Bonchev–Trinajstić information content (AvgIpc) is 3.14. The summed E-state index contributed by atoms with van der Waals surface area (Å²) in [5, 5.41) is 4.32. The number of carbonyl (C=O) groups excluding carboxylic acids is 1. The molecule has 0 spiro atoms. The van der Waals surface area contributed by atoms with E-state index in [9.17, 15) is 4.79 Å². The molecule has 1 aliphatic rings. The van der Waals surface area contributed by atoms with Crippen LogP contribution in [0, 0.1) is 0 Å². The van der Waals surface area contributed by atoms with Gasteiger partial charge >= 0.3 is 0 Å². The molecule has 21 heavy (non-hydrogen) atoms. The molecule has 3 aromatic rings. The largest absolute Gasteiger partial charge is 0.469 e. The van der Waals surface area contributed by atoms with Gasteiger partial charge in [-0.3, -0.25) is 4.79 Å². The van der Waals surface area contributed by atoms with Crippen molar-refractivity contribution in [1.29, 1.82) is 0 Å². The van der Waals surface area contributed by atoms with E-state index in [1.54, 1.807) is 17.0 Å². The number of hydrogen-bond acceptors (Lipinski definition) is 5. The van der Waals surface area contributed by atoms with Crippen molar-refractivity contribution in [3.63, 3.8) is 0 Å². The van der Waals surface area contributed by atoms with E-state index in [2.05, 4.69) is 15.1 Å². The van der Waals surface area contributed by atoms with Crippen LogP contribution >= 0.6 is 0 Å². The van der Waals surface area contributed by atoms with Crippen molar-refractivity contribution in [2.45, 2.75) is 32.1 Å². The van der Waals surface area contributed by atoms with Crippen molar-refractivity contribution >= 4 is 11.6 Å². The first-order chi connectivity index (χ1) is 10.2. The van der Waals surface area contributed by atoms with Crippen LogP contribution in [0.15, 0.2) is 29.0 Å². The number of aromatic nitrogens is 4. The van der Waals surface area contributed by atoms with E-state index in [4.69, 9.17) is 4.42 Å². The molecule has 0 saturated carbocycles. The minimum atomic E-state index is 0.0588. The molecule has 0 saturated heterocycles. The van der Waals surface area contributed by atoms with Gasteiger partial charge in [-0.1, -0.05) is 6.92 Å². The molecule has 0 N–H and O–H groups in total. The van der Waals surface area contributed by atoms with E-state index in [-0.39, 0.29) is 11.7 Å². The highest BCUT2D eigenvalue weighted by Crippen LogP contribution is 2.32. The maximum Gasteiger partial charge on any atom is 0.252 e. The molecule has 0 aromatic carbocycles. The van der Waals surface area contributed by atoms with Gasteiger partial charge in [-0.25, -0.2) is 9.50 Å². The summed E-state index contributed by atoms with van der Waals surface area (Å²) in [6.45, 7) is 1.99. The number of nitrogens with zero attached hydrogens (tertiary/aromatic N) is 4. The summed E-state index contributed by atoms with van der Waals surface area (Å²) in [4.78, 5) is 21.2. The maximum absolute atomic E-state index is 12.4. The first-order valence-electron chi connectivity index (χ1n) is 7.06. The summed E-state index contributed by atoms with van der Waals surface area (Å²) in [5.41, 5.74) is 1.44. The van der Waals surface area contributed by atoms with E-state index in [1.807, 2.05) is 19.1 Å². The molecule has 0 fully saturated rings. The lowest BCUT2D eigenvalue weighted by atomic mass is 9.85. The summed E-state index contributed by atoms with van der Waals surface area (Å²) >= 11 is 0. The zero-order chi connectivity index (χ0) is 14.4. The topological polar surface area (TPSA) is 73.3 Å². The second-order valence-corrected chi connectivity index (χ2v) is 5.27. The van der Waals surface area contributed by atoms with Gasteiger partial charge < -0.3 is 4.42 Å². The number of rotatable bonds is 2. The Kier molecular flexibility index (Phi) is 2.63. The van der Waals surface area contributed by atoms with Crippen LogP contribution in [-0.4, -0.2) is 25.4 Å². The van der Waals surface area contributed by atoms with Crippen LogP contribution in [0.3, 0.4) is 0 Å². The third-order valence-electron chi connectivity index (χ3n) is 3.89. The Morgan fingerprint density at radius 2 is 2.29 bits per heavy atom. The molecule has 0 radical (unpaired) electrons. The number of hydrogen-bond donors (Lipinski definition) is 0. The molecule has 0 bridgehead atoms. The summed E-state index contributed by atoms with van der Waals surface area (Å²) in [6.07, 6.45) is 5.28. The molecule has 6 heteroatoms. The number of ketones is 1. The van der Waals surface area contributed by atoms with Crippen molar-refractivity contribution in [2.75, 3.05) is 0 Å². The van der Waals surface area contributed by atoms with Crippen molar-refractivity contribution in [3.8, 4) is 0 Å². The Balaban J connectivity index is 1.80. The van der Waals surface area contributed by atoms with Crippen LogP contribution in [0.1, 0.15) is 46.9 Å². The normalized spacial score (nSPS) is 18.1. The second-order valence-electron chi connectivity index (χ2n) is 5.27. The highest BCUT2D eigenvalue weighted by atomic mass is 16.3. The fourth-order valence-electron chi connectivity index (χ4n) is 2.80. The molecule has 1 aliphatic carbocycles. The molecule has 1 atom stereocenters. The Morgan fingerprint density at radius 1 is 1.38 bits per heavy atom. The van der Waals surface area contributed by atoms with Crippen LogP contribution in [0.4, 0.5) is 0 Å². The number of fused-ring (bicyclic) bond motifs is 2. The van der Waals surface area contributed by atoms with Crippen LogP contribution in [0.2, 0.25) is 0 Å². The Hall–Kier alpha value is -2.50. The maximum atomic E-state index is 12.4. The molecule has 3 heterocycles. The van der Waals surface area contributed by atoms with Gasteiger partial charge in [-0.05, 0) is 12.1 Å². The van der Waals surface area contributed by atoms with Crippen LogP contribution in [-0.2, 0) is 12.8 Å². The van der Waals surface area contributed by atoms with Gasteiger partial charge in [0.1, 0.15) is 5.76 Å². The molecule has 0 aliphatic heterocycles. The molecule has 3 aromatic heterocycles. The van der Waals surface area contributed by atoms with Gasteiger partial charge in [0.15, 0.2) is 11.6 Å². The summed E-state index contributed by atoms with van der Waals surface area (Å²) in [6, 6.07) is 3.76. The first kappa shape index (κ1) is 12.3. The molecular formula is C15H14N4O2. The average molecular weight is 282 g/mol. The quantitative estimate of drug-likeness (QED) is 0.720. The van der Waals surface area contributed by atoms with E-state index in [1.165, 1.54) is 0 Å². The van der Waals surface area contributed by atoms with E-state index in [0.717, 1.165) is 23.7 Å². The minimum absolute atomic E-state index is 0.0588. The highest BCUT2D eigenvalue weighted by Gasteiger charge is 2.29. The summed E-state index contributed by atoms with van der Waals surface area (Å²) in [7, 11) is 0. The monoisotopic (exact) mass is 282 g/mol. The number of furan rings is 1. The number of aryl methyl sites for hydroxylation is 1. The SMILES string of the molecule is CCc1nc2nc3c(cn2n1)C(=O)C[C@@H](c1ccco1)C3.